The zero-order chi connectivity index (χ0) is 11.4. The summed E-state index contributed by atoms with van der Waals surface area (Å²) in [5.74, 6) is 0. The standard InChI is InChI=1S/C13H17BrO/c1-4-9(2)8-13(15)11-6-5-7-12(14)10(11)3/h5-7,13,15H,2,4,8H2,1,3H3. The molecular weight excluding hydrogens is 252 g/mol. The lowest BCUT2D eigenvalue weighted by Gasteiger charge is -2.15. The maximum absolute atomic E-state index is 10.0. The molecule has 15 heavy (non-hydrogen) atoms. The van der Waals surface area contributed by atoms with E-state index in [-0.39, 0.29) is 0 Å². The number of hydrogen-bond acceptors (Lipinski definition) is 1. The summed E-state index contributed by atoms with van der Waals surface area (Å²) >= 11 is 3.46. The first-order valence-electron chi connectivity index (χ1n) is 5.16. The molecule has 2 heteroatoms. The van der Waals surface area contributed by atoms with Crippen LogP contribution in [0.15, 0.2) is 34.8 Å². The number of hydrogen-bond donors (Lipinski definition) is 1. The van der Waals surface area contributed by atoms with Crippen LogP contribution in [0.1, 0.15) is 37.0 Å². The molecule has 1 unspecified atom stereocenters. The molecule has 1 atom stereocenters. The molecular formula is C13H17BrO. The number of halogens is 1. The summed E-state index contributed by atoms with van der Waals surface area (Å²) < 4.78 is 1.04. The van der Waals surface area contributed by atoms with Gasteiger partial charge < -0.3 is 5.11 Å². The maximum Gasteiger partial charge on any atom is 0.0829 e. The van der Waals surface area contributed by atoms with E-state index in [1.54, 1.807) is 0 Å². The number of rotatable bonds is 4. The lowest BCUT2D eigenvalue weighted by molar-refractivity contribution is 0.177. The number of aliphatic hydroxyl groups excluding tert-OH is 1. The van der Waals surface area contributed by atoms with Crippen LogP contribution < -0.4 is 0 Å². The van der Waals surface area contributed by atoms with Gasteiger partial charge in [0.05, 0.1) is 6.10 Å². The fourth-order valence-corrected chi connectivity index (χ4v) is 1.89. The lowest BCUT2D eigenvalue weighted by atomic mass is 9.97. The highest BCUT2D eigenvalue weighted by molar-refractivity contribution is 9.10. The van der Waals surface area contributed by atoms with Crippen LogP contribution >= 0.6 is 15.9 Å². The van der Waals surface area contributed by atoms with Crippen LogP contribution in [-0.2, 0) is 0 Å². The van der Waals surface area contributed by atoms with E-state index in [0.717, 1.165) is 27.6 Å². The topological polar surface area (TPSA) is 20.2 Å². The van der Waals surface area contributed by atoms with Crippen molar-refractivity contribution in [2.75, 3.05) is 0 Å². The monoisotopic (exact) mass is 268 g/mol. The summed E-state index contributed by atoms with van der Waals surface area (Å²) in [7, 11) is 0. The SMILES string of the molecule is C=C(CC)CC(O)c1cccc(Br)c1C. The van der Waals surface area contributed by atoms with Gasteiger partial charge in [-0.25, -0.2) is 0 Å². The average molecular weight is 269 g/mol. The van der Waals surface area contributed by atoms with Gasteiger partial charge in [0.25, 0.3) is 0 Å². The molecule has 0 spiro atoms. The highest BCUT2D eigenvalue weighted by Gasteiger charge is 2.12. The zero-order valence-electron chi connectivity index (χ0n) is 9.26. The van der Waals surface area contributed by atoms with Crippen LogP contribution in [0.4, 0.5) is 0 Å². The van der Waals surface area contributed by atoms with Crippen molar-refractivity contribution in [3.63, 3.8) is 0 Å². The van der Waals surface area contributed by atoms with Crippen molar-refractivity contribution in [2.24, 2.45) is 0 Å². The van der Waals surface area contributed by atoms with E-state index in [0.29, 0.717) is 6.42 Å². The zero-order valence-corrected chi connectivity index (χ0v) is 10.8. The molecule has 0 saturated heterocycles. The predicted octanol–water partition coefficient (Wildman–Crippen LogP) is 4.15. The molecule has 0 aliphatic heterocycles. The number of benzene rings is 1. The van der Waals surface area contributed by atoms with Crippen molar-refractivity contribution in [1.29, 1.82) is 0 Å². The fourth-order valence-electron chi connectivity index (χ4n) is 1.51. The molecule has 0 fully saturated rings. The molecule has 0 saturated carbocycles. The quantitative estimate of drug-likeness (QED) is 0.814. The van der Waals surface area contributed by atoms with Gasteiger partial charge in [0, 0.05) is 4.47 Å². The van der Waals surface area contributed by atoms with Crippen molar-refractivity contribution < 1.29 is 5.11 Å². The van der Waals surface area contributed by atoms with E-state index < -0.39 is 6.10 Å². The average Bonchev–Trinajstić information content (AvgIpc) is 2.21. The lowest BCUT2D eigenvalue weighted by Crippen LogP contribution is -2.01. The highest BCUT2D eigenvalue weighted by Crippen LogP contribution is 2.28. The molecule has 0 amide bonds. The molecule has 1 N–H and O–H groups in total. The van der Waals surface area contributed by atoms with E-state index in [1.165, 1.54) is 0 Å². The van der Waals surface area contributed by atoms with Crippen LogP contribution in [0.3, 0.4) is 0 Å². The smallest absolute Gasteiger partial charge is 0.0829 e. The predicted molar refractivity (Wildman–Crippen MR) is 67.9 cm³/mol. The summed E-state index contributed by atoms with van der Waals surface area (Å²) in [6.45, 7) is 7.99. The van der Waals surface area contributed by atoms with E-state index in [1.807, 2.05) is 25.1 Å². The molecule has 0 aliphatic rings. The van der Waals surface area contributed by atoms with Gasteiger partial charge in [-0.1, -0.05) is 47.1 Å². The summed E-state index contributed by atoms with van der Waals surface area (Å²) in [6, 6.07) is 5.90. The molecule has 1 aromatic carbocycles. The van der Waals surface area contributed by atoms with Crippen LogP contribution in [0.25, 0.3) is 0 Å². The maximum atomic E-state index is 10.0. The van der Waals surface area contributed by atoms with Crippen molar-refractivity contribution >= 4 is 15.9 Å². The molecule has 1 aromatic rings. The van der Waals surface area contributed by atoms with E-state index in [4.69, 9.17) is 0 Å². The molecule has 0 aromatic heterocycles. The number of aliphatic hydroxyl groups is 1. The van der Waals surface area contributed by atoms with Gasteiger partial charge >= 0.3 is 0 Å². The molecule has 0 bridgehead atoms. The third-order valence-corrected chi connectivity index (χ3v) is 3.51. The van der Waals surface area contributed by atoms with Gasteiger partial charge in [0.2, 0.25) is 0 Å². The van der Waals surface area contributed by atoms with Crippen molar-refractivity contribution in [3.05, 3.63) is 46.0 Å². The molecule has 0 radical (unpaired) electrons. The molecule has 1 nitrogen and oxygen atoms in total. The van der Waals surface area contributed by atoms with Crippen molar-refractivity contribution in [1.82, 2.24) is 0 Å². The Morgan fingerprint density at radius 3 is 2.80 bits per heavy atom. The Hall–Kier alpha value is -0.600. The van der Waals surface area contributed by atoms with Gasteiger partial charge in [0.1, 0.15) is 0 Å². The second kappa shape index (κ2) is 5.47. The first kappa shape index (κ1) is 12.5. The third-order valence-electron chi connectivity index (χ3n) is 2.65. The van der Waals surface area contributed by atoms with Gasteiger partial charge in [-0.3, -0.25) is 0 Å². The first-order valence-corrected chi connectivity index (χ1v) is 5.95. The summed E-state index contributed by atoms with van der Waals surface area (Å²) in [5, 5.41) is 10.0. The third kappa shape index (κ3) is 3.18. The van der Waals surface area contributed by atoms with E-state index in [9.17, 15) is 5.11 Å². The highest BCUT2D eigenvalue weighted by atomic mass is 79.9. The largest absolute Gasteiger partial charge is 0.388 e. The van der Waals surface area contributed by atoms with E-state index in [2.05, 4.69) is 29.4 Å². The molecule has 82 valence electrons. The Labute approximate surface area is 100.0 Å². The second-order valence-corrected chi connectivity index (χ2v) is 4.63. The minimum atomic E-state index is -0.435. The van der Waals surface area contributed by atoms with Crippen molar-refractivity contribution in [2.45, 2.75) is 32.8 Å². The van der Waals surface area contributed by atoms with Gasteiger partial charge in [-0.05, 0) is 37.0 Å². The normalized spacial score (nSPS) is 12.5. The van der Waals surface area contributed by atoms with Crippen LogP contribution in [0, 0.1) is 6.92 Å². The summed E-state index contributed by atoms with van der Waals surface area (Å²) in [4.78, 5) is 0. The van der Waals surface area contributed by atoms with Crippen LogP contribution in [0.2, 0.25) is 0 Å². The Balaban J connectivity index is 2.86. The Bertz CT molecular complexity index is 358. The molecule has 0 heterocycles. The summed E-state index contributed by atoms with van der Waals surface area (Å²) in [5.41, 5.74) is 3.18. The second-order valence-electron chi connectivity index (χ2n) is 3.78. The van der Waals surface area contributed by atoms with Gasteiger partial charge in [-0.15, -0.1) is 0 Å². The molecule has 1 rings (SSSR count). The first-order chi connectivity index (χ1) is 7.06. The fraction of sp³-hybridized carbons (Fsp3) is 0.385. The van der Waals surface area contributed by atoms with Crippen LogP contribution in [-0.4, -0.2) is 5.11 Å². The van der Waals surface area contributed by atoms with Gasteiger partial charge in [-0.2, -0.15) is 0 Å². The Morgan fingerprint density at radius 1 is 1.53 bits per heavy atom. The van der Waals surface area contributed by atoms with Gasteiger partial charge in [0.15, 0.2) is 0 Å². The molecule has 0 aliphatic carbocycles. The van der Waals surface area contributed by atoms with Crippen LogP contribution in [0.5, 0.6) is 0 Å². The van der Waals surface area contributed by atoms with E-state index >= 15 is 0 Å². The Kier molecular flexibility index (Phi) is 4.55. The minimum absolute atomic E-state index is 0.435. The summed E-state index contributed by atoms with van der Waals surface area (Å²) in [6.07, 6.45) is 1.13. The Morgan fingerprint density at radius 2 is 2.20 bits per heavy atom. The van der Waals surface area contributed by atoms with Crippen molar-refractivity contribution in [3.8, 4) is 0 Å². The minimum Gasteiger partial charge on any atom is -0.388 e.